The minimum atomic E-state index is -0.0321. The van der Waals surface area contributed by atoms with Crippen LogP contribution in [0.25, 0.3) is 0 Å². The highest BCUT2D eigenvalue weighted by Gasteiger charge is 2.21. The molecule has 0 radical (unpaired) electrons. The highest BCUT2D eigenvalue weighted by Crippen LogP contribution is 2.24. The lowest BCUT2D eigenvalue weighted by atomic mass is 9.87. The van der Waals surface area contributed by atoms with E-state index < -0.39 is 0 Å². The van der Waals surface area contributed by atoms with Gasteiger partial charge in [-0.05, 0) is 37.8 Å². The van der Waals surface area contributed by atoms with Crippen LogP contribution < -0.4 is 11.1 Å². The molecule has 18 heavy (non-hydrogen) atoms. The van der Waals surface area contributed by atoms with Gasteiger partial charge in [-0.3, -0.25) is 4.79 Å². The van der Waals surface area contributed by atoms with Crippen molar-refractivity contribution < 1.29 is 4.79 Å². The average Bonchev–Trinajstić information content (AvgIpc) is 2.32. The Balaban J connectivity index is 2.05. The van der Waals surface area contributed by atoms with Gasteiger partial charge in [0.2, 0.25) is 0 Å². The van der Waals surface area contributed by atoms with Crippen molar-refractivity contribution in [1.29, 1.82) is 0 Å². The van der Waals surface area contributed by atoms with Gasteiger partial charge in [-0.15, -0.1) is 0 Å². The molecule has 1 amide bonds. The van der Waals surface area contributed by atoms with Gasteiger partial charge in [-0.1, -0.05) is 31.4 Å². The normalized spacial score (nSPS) is 23.7. The molecule has 2 unspecified atom stereocenters. The number of anilines is 1. The summed E-state index contributed by atoms with van der Waals surface area (Å²) in [5, 5.41) is 3.11. The Morgan fingerprint density at radius 2 is 2.17 bits per heavy atom. The molecule has 2 rings (SSSR count). The van der Waals surface area contributed by atoms with Crippen molar-refractivity contribution in [3.8, 4) is 0 Å². The topological polar surface area (TPSA) is 55.1 Å². The predicted molar refractivity (Wildman–Crippen MR) is 74.5 cm³/mol. The SMILES string of the molecule is Cc1ccc(N)c(C(=O)NC2CCCC(C)C2)c1. The fraction of sp³-hybridized carbons (Fsp3) is 0.533. The van der Waals surface area contributed by atoms with Crippen molar-refractivity contribution >= 4 is 11.6 Å². The Kier molecular flexibility index (Phi) is 3.90. The number of nitrogens with one attached hydrogen (secondary N) is 1. The largest absolute Gasteiger partial charge is 0.398 e. The zero-order valence-corrected chi connectivity index (χ0v) is 11.2. The summed E-state index contributed by atoms with van der Waals surface area (Å²) in [5.74, 6) is 0.675. The van der Waals surface area contributed by atoms with Gasteiger partial charge in [0.05, 0.1) is 5.56 Å². The quantitative estimate of drug-likeness (QED) is 0.788. The number of hydrogen-bond donors (Lipinski definition) is 2. The van der Waals surface area contributed by atoms with Crippen LogP contribution in [0.4, 0.5) is 5.69 Å². The first-order chi connectivity index (χ1) is 8.56. The summed E-state index contributed by atoms with van der Waals surface area (Å²) in [4.78, 5) is 12.2. The lowest BCUT2D eigenvalue weighted by Crippen LogP contribution is -2.38. The number of carbonyl (C=O) groups excluding carboxylic acids is 1. The Hall–Kier alpha value is -1.51. The van der Waals surface area contributed by atoms with Crippen molar-refractivity contribution in [3.63, 3.8) is 0 Å². The number of carbonyl (C=O) groups is 1. The van der Waals surface area contributed by atoms with Crippen LogP contribution in [-0.2, 0) is 0 Å². The third kappa shape index (κ3) is 3.03. The van der Waals surface area contributed by atoms with Crippen molar-refractivity contribution in [2.45, 2.75) is 45.6 Å². The van der Waals surface area contributed by atoms with Crippen LogP contribution in [0.15, 0.2) is 18.2 Å². The molecule has 0 aliphatic heterocycles. The van der Waals surface area contributed by atoms with E-state index in [1.807, 2.05) is 19.1 Å². The number of hydrogen-bond acceptors (Lipinski definition) is 2. The van der Waals surface area contributed by atoms with E-state index in [9.17, 15) is 4.79 Å². The number of aryl methyl sites for hydroxylation is 1. The van der Waals surface area contributed by atoms with Gasteiger partial charge in [-0.25, -0.2) is 0 Å². The van der Waals surface area contributed by atoms with E-state index in [0.717, 1.165) is 18.4 Å². The summed E-state index contributed by atoms with van der Waals surface area (Å²) in [7, 11) is 0. The first kappa shape index (κ1) is 12.9. The smallest absolute Gasteiger partial charge is 0.253 e. The van der Waals surface area contributed by atoms with Gasteiger partial charge in [0.25, 0.3) is 5.91 Å². The van der Waals surface area contributed by atoms with E-state index in [0.29, 0.717) is 23.2 Å². The van der Waals surface area contributed by atoms with Crippen molar-refractivity contribution in [2.75, 3.05) is 5.73 Å². The third-order valence-corrected chi connectivity index (χ3v) is 3.73. The van der Waals surface area contributed by atoms with Gasteiger partial charge in [-0.2, -0.15) is 0 Å². The lowest BCUT2D eigenvalue weighted by molar-refractivity contribution is 0.0922. The fourth-order valence-electron chi connectivity index (χ4n) is 2.70. The number of nitrogen functional groups attached to an aromatic ring is 1. The molecule has 1 aliphatic rings. The zero-order chi connectivity index (χ0) is 13.1. The molecule has 0 aromatic heterocycles. The minimum absolute atomic E-state index is 0.0321. The van der Waals surface area contributed by atoms with Gasteiger partial charge in [0, 0.05) is 11.7 Å². The molecule has 1 aromatic carbocycles. The maximum Gasteiger partial charge on any atom is 0.253 e. The summed E-state index contributed by atoms with van der Waals surface area (Å²) in [6.45, 7) is 4.22. The Morgan fingerprint density at radius 1 is 1.39 bits per heavy atom. The molecule has 1 saturated carbocycles. The highest BCUT2D eigenvalue weighted by atomic mass is 16.1. The van der Waals surface area contributed by atoms with Crippen LogP contribution in [0.1, 0.15) is 48.5 Å². The van der Waals surface area contributed by atoms with E-state index in [1.165, 1.54) is 12.8 Å². The molecule has 3 nitrogen and oxygen atoms in total. The molecule has 3 N–H and O–H groups in total. The predicted octanol–water partition coefficient (Wildman–Crippen LogP) is 2.89. The van der Waals surface area contributed by atoms with Crippen LogP contribution in [-0.4, -0.2) is 11.9 Å². The Bertz CT molecular complexity index is 442. The summed E-state index contributed by atoms with van der Waals surface area (Å²) >= 11 is 0. The minimum Gasteiger partial charge on any atom is -0.398 e. The van der Waals surface area contributed by atoms with Crippen LogP contribution >= 0.6 is 0 Å². The lowest BCUT2D eigenvalue weighted by Gasteiger charge is -2.27. The Labute approximate surface area is 109 Å². The molecular weight excluding hydrogens is 224 g/mol. The highest BCUT2D eigenvalue weighted by molar-refractivity contribution is 5.99. The molecule has 0 saturated heterocycles. The van der Waals surface area contributed by atoms with Crippen LogP contribution in [0.5, 0.6) is 0 Å². The van der Waals surface area contributed by atoms with Gasteiger partial charge < -0.3 is 11.1 Å². The maximum atomic E-state index is 12.2. The standard InChI is InChI=1S/C15H22N2O/c1-10-4-3-5-12(8-10)17-15(18)13-9-11(2)6-7-14(13)16/h6-7,9-10,12H,3-5,8,16H2,1-2H3,(H,17,18). The number of amides is 1. The zero-order valence-electron chi connectivity index (χ0n) is 11.2. The molecule has 1 aromatic rings. The van der Waals surface area contributed by atoms with E-state index in [4.69, 9.17) is 5.73 Å². The van der Waals surface area contributed by atoms with E-state index in [-0.39, 0.29) is 5.91 Å². The second-order valence-corrected chi connectivity index (χ2v) is 5.53. The molecule has 2 atom stereocenters. The second-order valence-electron chi connectivity index (χ2n) is 5.53. The van der Waals surface area contributed by atoms with Gasteiger partial charge in [0.1, 0.15) is 0 Å². The van der Waals surface area contributed by atoms with E-state index >= 15 is 0 Å². The monoisotopic (exact) mass is 246 g/mol. The van der Waals surface area contributed by atoms with Crippen LogP contribution in [0.2, 0.25) is 0 Å². The van der Waals surface area contributed by atoms with E-state index in [2.05, 4.69) is 12.2 Å². The molecule has 1 fully saturated rings. The number of nitrogens with two attached hydrogens (primary N) is 1. The van der Waals surface area contributed by atoms with Crippen LogP contribution in [0.3, 0.4) is 0 Å². The first-order valence-electron chi connectivity index (χ1n) is 6.73. The summed E-state index contributed by atoms with van der Waals surface area (Å²) in [5.41, 5.74) is 8.09. The molecule has 0 bridgehead atoms. The average molecular weight is 246 g/mol. The van der Waals surface area contributed by atoms with Gasteiger partial charge in [0.15, 0.2) is 0 Å². The molecule has 1 aliphatic carbocycles. The van der Waals surface area contributed by atoms with Crippen LogP contribution in [0, 0.1) is 12.8 Å². The van der Waals surface area contributed by atoms with E-state index in [1.54, 1.807) is 6.07 Å². The van der Waals surface area contributed by atoms with Crippen molar-refractivity contribution in [2.24, 2.45) is 5.92 Å². The first-order valence-corrected chi connectivity index (χ1v) is 6.73. The summed E-state index contributed by atoms with van der Waals surface area (Å²) in [6.07, 6.45) is 4.65. The third-order valence-electron chi connectivity index (χ3n) is 3.73. The second kappa shape index (κ2) is 5.42. The summed E-state index contributed by atoms with van der Waals surface area (Å²) < 4.78 is 0. The maximum absolute atomic E-state index is 12.2. The van der Waals surface area contributed by atoms with Crippen molar-refractivity contribution in [3.05, 3.63) is 29.3 Å². The number of rotatable bonds is 2. The molecule has 3 heteroatoms. The molecule has 0 heterocycles. The molecule has 98 valence electrons. The Morgan fingerprint density at radius 3 is 2.89 bits per heavy atom. The van der Waals surface area contributed by atoms with Gasteiger partial charge >= 0.3 is 0 Å². The van der Waals surface area contributed by atoms with Crippen molar-refractivity contribution in [1.82, 2.24) is 5.32 Å². The summed E-state index contributed by atoms with van der Waals surface area (Å²) in [6, 6.07) is 5.89. The molecular formula is C15H22N2O. The fourth-order valence-corrected chi connectivity index (χ4v) is 2.70. The molecule has 0 spiro atoms. The number of benzene rings is 1.